The van der Waals surface area contributed by atoms with Gasteiger partial charge >= 0.3 is 0 Å². The SMILES string of the molecule is CCOC[C@H](C)N=C=S. The van der Waals surface area contributed by atoms with Crippen LogP contribution in [-0.2, 0) is 4.74 Å². The summed E-state index contributed by atoms with van der Waals surface area (Å²) in [7, 11) is 0. The van der Waals surface area contributed by atoms with Gasteiger partial charge in [0, 0.05) is 6.61 Å². The van der Waals surface area contributed by atoms with Crippen LogP contribution >= 0.6 is 12.2 Å². The van der Waals surface area contributed by atoms with Gasteiger partial charge in [-0.05, 0) is 26.1 Å². The molecule has 2 nitrogen and oxygen atoms in total. The molecule has 0 bridgehead atoms. The molecule has 52 valence electrons. The number of ether oxygens (including phenoxy) is 1. The lowest BCUT2D eigenvalue weighted by Crippen LogP contribution is -2.07. The van der Waals surface area contributed by atoms with E-state index in [0.29, 0.717) is 6.61 Å². The van der Waals surface area contributed by atoms with E-state index in [2.05, 4.69) is 22.4 Å². The molecule has 0 amide bonds. The summed E-state index contributed by atoms with van der Waals surface area (Å²) in [5.41, 5.74) is 0. The highest BCUT2D eigenvalue weighted by Gasteiger charge is 1.94. The predicted octanol–water partition coefficient (Wildman–Crippen LogP) is 1.51. The van der Waals surface area contributed by atoms with Crippen molar-refractivity contribution >= 4 is 17.4 Å². The fourth-order valence-electron chi connectivity index (χ4n) is 0.416. The summed E-state index contributed by atoms with van der Waals surface area (Å²) in [5, 5.41) is 2.30. The molecule has 0 spiro atoms. The van der Waals surface area contributed by atoms with Crippen LogP contribution in [0.2, 0.25) is 0 Å². The van der Waals surface area contributed by atoms with Gasteiger partial charge in [0.15, 0.2) is 0 Å². The molecule has 0 rings (SSSR count). The van der Waals surface area contributed by atoms with Crippen molar-refractivity contribution in [3.05, 3.63) is 0 Å². The number of hydrogen-bond donors (Lipinski definition) is 0. The lowest BCUT2D eigenvalue weighted by Gasteiger charge is -2.01. The molecule has 0 aromatic carbocycles. The third-order valence-corrected chi connectivity index (χ3v) is 0.942. The first-order valence-corrected chi connectivity index (χ1v) is 3.36. The van der Waals surface area contributed by atoms with E-state index in [4.69, 9.17) is 4.74 Å². The van der Waals surface area contributed by atoms with Gasteiger partial charge < -0.3 is 4.74 Å². The molecule has 0 aromatic rings. The second kappa shape index (κ2) is 5.89. The van der Waals surface area contributed by atoms with E-state index in [1.165, 1.54) is 0 Å². The molecule has 0 radical (unpaired) electrons. The second-order valence-corrected chi connectivity index (χ2v) is 1.91. The van der Waals surface area contributed by atoms with Gasteiger partial charge in [0.1, 0.15) is 0 Å². The Balaban J connectivity index is 3.26. The minimum atomic E-state index is 0.155. The van der Waals surface area contributed by atoms with E-state index in [0.717, 1.165) is 6.61 Å². The number of thiocarbonyl (C=S) groups is 1. The summed E-state index contributed by atoms with van der Waals surface area (Å²) in [5.74, 6) is 0. The van der Waals surface area contributed by atoms with Gasteiger partial charge in [-0.2, -0.15) is 0 Å². The summed E-state index contributed by atoms with van der Waals surface area (Å²) in [4.78, 5) is 3.80. The average Bonchev–Trinajstić information content (AvgIpc) is 1.85. The molecular weight excluding hydrogens is 134 g/mol. The standard InChI is InChI=1S/C6H11NOS/c1-3-8-4-6(2)7-5-9/h6H,3-4H2,1-2H3/t6-/m0/s1. The lowest BCUT2D eigenvalue weighted by atomic mass is 10.4. The summed E-state index contributed by atoms with van der Waals surface area (Å²) < 4.78 is 5.07. The van der Waals surface area contributed by atoms with Crippen molar-refractivity contribution in [3.8, 4) is 0 Å². The first kappa shape index (κ1) is 8.76. The Labute approximate surface area is 60.9 Å². The van der Waals surface area contributed by atoms with Crippen molar-refractivity contribution < 1.29 is 4.74 Å². The van der Waals surface area contributed by atoms with Crippen molar-refractivity contribution in [1.82, 2.24) is 0 Å². The van der Waals surface area contributed by atoms with Gasteiger partial charge in [0.25, 0.3) is 0 Å². The van der Waals surface area contributed by atoms with Crippen LogP contribution in [0.3, 0.4) is 0 Å². The minimum Gasteiger partial charge on any atom is -0.379 e. The van der Waals surface area contributed by atoms with Crippen LogP contribution in [0.1, 0.15) is 13.8 Å². The van der Waals surface area contributed by atoms with Crippen molar-refractivity contribution in [3.63, 3.8) is 0 Å². The normalized spacial score (nSPS) is 12.2. The monoisotopic (exact) mass is 145 g/mol. The molecule has 0 heterocycles. The van der Waals surface area contributed by atoms with Crippen molar-refractivity contribution in [1.29, 1.82) is 0 Å². The zero-order valence-corrected chi connectivity index (χ0v) is 6.57. The van der Waals surface area contributed by atoms with E-state index in [1.807, 2.05) is 13.8 Å². The van der Waals surface area contributed by atoms with E-state index in [-0.39, 0.29) is 6.04 Å². The minimum absolute atomic E-state index is 0.155. The Bertz CT molecular complexity index is 110. The van der Waals surface area contributed by atoms with E-state index in [1.54, 1.807) is 0 Å². The Morgan fingerprint density at radius 3 is 2.89 bits per heavy atom. The third kappa shape index (κ3) is 5.63. The zero-order valence-electron chi connectivity index (χ0n) is 5.76. The molecule has 1 atom stereocenters. The number of rotatable bonds is 4. The summed E-state index contributed by atoms with van der Waals surface area (Å²) >= 11 is 4.41. The van der Waals surface area contributed by atoms with Crippen LogP contribution < -0.4 is 0 Å². The Morgan fingerprint density at radius 2 is 2.44 bits per heavy atom. The van der Waals surface area contributed by atoms with Gasteiger partial charge in [0.2, 0.25) is 0 Å². The Kier molecular flexibility index (Phi) is 5.73. The largest absolute Gasteiger partial charge is 0.379 e. The van der Waals surface area contributed by atoms with Gasteiger partial charge in [-0.1, -0.05) is 0 Å². The summed E-state index contributed by atoms with van der Waals surface area (Å²) in [6.45, 7) is 5.26. The Hall–Kier alpha value is -0.240. The number of isothiocyanates is 1. The van der Waals surface area contributed by atoms with Gasteiger partial charge in [-0.25, -0.2) is 4.99 Å². The van der Waals surface area contributed by atoms with E-state index < -0.39 is 0 Å². The van der Waals surface area contributed by atoms with E-state index in [9.17, 15) is 0 Å². The molecular formula is C6H11NOS. The quantitative estimate of drug-likeness (QED) is 0.442. The predicted molar refractivity (Wildman–Crippen MR) is 41.0 cm³/mol. The number of aliphatic imine (C=N–C) groups is 1. The van der Waals surface area contributed by atoms with Crippen LogP contribution in [0.5, 0.6) is 0 Å². The zero-order chi connectivity index (χ0) is 7.11. The molecule has 9 heavy (non-hydrogen) atoms. The fourth-order valence-corrected chi connectivity index (χ4v) is 0.596. The first-order chi connectivity index (χ1) is 4.31. The number of nitrogens with zero attached hydrogens (tertiary/aromatic N) is 1. The van der Waals surface area contributed by atoms with Crippen molar-refractivity contribution in [2.75, 3.05) is 13.2 Å². The average molecular weight is 145 g/mol. The fraction of sp³-hybridized carbons (Fsp3) is 0.833. The smallest absolute Gasteiger partial charge is 0.0807 e. The molecule has 0 saturated carbocycles. The van der Waals surface area contributed by atoms with Crippen LogP contribution in [-0.4, -0.2) is 24.4 Å². The highest BCUT2D eigenvalue weighted by molar-refractivity contribution is 7.78. The molecule has 3 heteroatoms. The molecule has 0 N–H and O–H groups in total. The Morgan fingerprint density at radius 1 is 1.78 bits per heavy atom. The molecule has 0 unspecified atom stereocenters. The molecule has 0 fully saturated rings. The molecule has 0 aliphatic carbocycles. The topological polar surface area (TPSA) is 21.6 Å². The maximum atomic E-state index is 5.07. The first-order valence-electron chi connectivity index (χ1n) is 2.96. The highest BCUT2D eigenvalue weighted by atomic mass is 32.1. The lowest BCUT2D eigenvalue weighted by molar-refractivity contribution is 0.138. The van der Waals surface area contributed by atoms with Crippen LogP contribution in [0.15, 0.2) is 4.99 Å². The maximum absolute atomic E-state index is 5.07. The molecule has 0 saturated heterocycles. The molecule has 0 aliphatic rings. The molecule has 0 aliphatic heterocycles. The van der Waals surface area contributed by atoms with Gasteiger partial charge in [0.05, 0.1) is 17.8 Å². The van der Waals surface area contributed by atoms with Gasteiger partial charge in [-0.3, -0.25) is 0 Å². The van der Waals surface area contributed by atoms with Crippen molar-refractivity contribution in [2.24, 2.45) is 4.99 Å². The van der Waals surface area contributed by atoms with E-state index >= 15 is 0 Å². The van der Waals surface area contributed by atoms with Crippen LogP contribution in [0, 0.1) is 0 Å². The van der Waals surface area contributed by atoms with Crippen molar-refractivity contribution in [2.45, 2.75) is 19.9 Å². The summed E-state index contributed by atoms with van der Waals surface area (Å²) in [6.07, 6.45) is 0. The highest BCUT2D eigenvalue weighted by Crippen LogP contribution is 1.87. The van der Waals surface area contributed by atoms with Crippen LogP contribution in [0.4, 0.5) is 0 Å². The van der Waals surface area contributed by atoms with Crippen LogP contribution in [0.25, 0.3) is 0 Å². The summed E-state index contributed by atoms with van der Waals surface area (Å²) in [6, 6.07) is 0.155. The molecule has 0 aromatic heterocycles. The van der Waals surface area contributed by atoms with Gasteiger partial charge in [-0.15, -0.1) is 0 Å². The maximum Gasteiger partial charge on any atom is 0.0807 e. The third-order valence-electron chi connectivity index (χ3n) is 0.836. The number of hydrogen-bond acceptors (Lipinski definition) is 3. The second-order valence-electron chi connectivity index (χ2n) is 1.73.